The van der Waals surface area contributed by atoms with Crippen molar-refractivity contribution in [3.05, 3.63) is 62.7 Å². The lowest BCUT2D eigenvalue weighted by molar-refractivity contribution is -0.155. The Balaban J connectivity index is 0.990. The summed E-state index contributed by atoms with van der Waals surface area (Å²) < 4.78 is 50.4. The molecular formula is C71H100N4O12S. The molecule has 3 aromatic carbocycles. The van der Waals surface area contributed by atoms with E-state index in [0.717, 1.165) is 60.8 Å². The molecule has 0 aromatic heterocycles. The zero-order valence-corrected chi connectivity index (χ0v) is 54.8. The van der Waals surface area contributed by atoms with Crippen LogP contribution in [0.15, 0.2) is 18.2 Å². The maximum Gasteiger partial charge on any atom is 0.331 e. The van der Waals surface area contributed by atoms with E-state index in [9.17, 15) is 19.6 Å². The van der Waals surface area contributed by atoms with Crippen molar-refractivity contribution in [3.8, 4) is 46.3 Å². The van der Waals surface area contributed by atoms with E-state index in [1.165, 1.54) is 148 Å². The molecule has 7 heterocycles. The van der Waals surface area contributed by atoms with Gasteiger partial charge in [0, 0.05) is 66.4 Å². The van der Waals surface area contributed by atoms with E-state index in [4.69, 9.17) is 37.9 Å². The van der Waals surface area contributed by atoms with Crippen molar-refractivity contribution >= 4 is 35.6 Å². The normalized spacial score (nSPS) is 22.2. The quantitative estimate of drug-likeness (QED) is 0.0332. The number of ether oxygens (including phenoxy) is 8. The SMILES string of the molecule is CCCCCCCCCCCCCCCC(=O)Oc1cc2c(cc1OC)[C@@]1(CS[C@@H]3c4c(OC(C)=O)c(C)c5c(c4[C@H](COC1=O)N1C3[C@H]3N[C@H](Cc4cc(C)c(OC)c(OC(=O)CCCCCCCCCCCCCCC)c43)[C@@H]1C#N)OCO5)NCC2. The fraction of sp³-hybridized carbons (Fsp3) is 0.676. The number of carbonyl (C=O) groups is 4. The second-order valence-corrected chi connectivity index (χ2v) is 26.7. The smallest absolute Gasteiger partial charge is 0.331 e. The minimum Gasteiger partial charge on any atom is -0.493 e. The number of aryl methyl sites for hydroxylation is 1. The molecule has 16 nitrogen and oxygen atoms in total. The average Bonchev–Trinajstić information content (AvgIpc) is 0.949. The number of esters is 4. The molecule has 88 heavy (non-hydrogen) atoms. The summed E-state index contributed by atoms with van der Waals surface area (Å²) >= 11 is 1.49. The lowest BCUT2D eigenvalue weighted by Gasteiger charge is -2.59. The number of piperazine rings is 1. The van der Waals surface area contributed by atoms with Crippen LogP contribution in [0.4, 0.5) is 0 Å². The van der Waals surface area contributed by atoms with Gasteiger partial charge in [0.25, 0.3) is 0 Å². The van der Waals surface area contributed by atoms with Crippen molar-refractivity contribution < 1.29 is 57.1 Å². The zero-order chi connectivity index (χ0) is 62.2. The van der Waals surface area contributed by atoms with Gasteiger partial charge < -0.3 is 43.2 Å². The summed E-state index contributed by atoms with van der Waals surface area (Å²) in [5.74, 6) is 0.983. The van der Waals surface area contributed by atoms with Crippen LogP contribution >= 0.6 is 11.8 Å². The van der Waals surface area contributed by atoms with Crippen LogP contribution in [0, 0.1) is 25.2 Å². The van der Waals surface area contributed by atoms with E-state index in [1.54, 1.807) is 13.2 Å². The molecule has 2 fully saturated rings. The number of thioether (sulfide) groups is 1. The van der Waals surface area contributed by atoms with Gasteiger partial charge in [0.1, 0.15) is 18.4 Å². The van der Waals surface area contributed by atoms with Crippen LogP contribution < -0.4 is 43.8 Å². The van der Waals surface area contributed by atoms with Gasteiger partial charge in [-0.1, -0.05) is 174 Å². The Kier molecular flexibility index (Phi) is 24.7. The summed E-state index contributed by atoms with van der Waals surface area (Å²) in [6.45, 7) is 9.79. The molecule has 2 saturated heterocycles. The van der Waals surface area contributed by atoms with Crippen molar-refractivity contribution in [2.45, 2.75) is 268 Å². The van der Waals surface area contributed by atoms with E-state index in [0.29, 0.717) is 88.3 Å². The molecule has 7 aliphatic rings. The van der Waals surface area contributed by atoms with Crippen molar-refractivity contribution in [1.82, 2.24) is 15.5 Å². The van der Waals surface area contributed by atoms with E-state index < -0.39 is 52.9 Å². The molecule has 0 radical (unpaired) electrons. The number of benzene rings is 3. The minimum atomic E-state index is -1.45. The van der Waals surface area contributed by atoms with E-state index >= 15 is 4.79 Å². The fourth-order valence-corrected chi connectivity index (χ4v) is 16.5. The van der Waals surface area contributed by atoms with Crippen LogP contribution in [-0.4, -0.2) is 86.8 Å². The molecular weight excluding hydrogens is 1130 g/mol. The first-order valence-corrected chi connectivity index (χ1v) is 34.9. The molecule has 1 spiro atoms. The number of rotatable bonds is 33. The summed E-state index contributed by atoms with van der Waals surface area (Å²) in [4.78, 5) is 58.8. The van der Waals surface area contributed by atoms with Crippen molar-refractivity contribution in [1.29, 1.82) is 5.26 Å². The Morgan fingerprint density at radius 1 is 0.670 bits per heavy atom. The lowest BCUT2D eigenvalue weighted by atomic mass is 9.72. The number of hydrogen-bond acceptors (Lipinski definition) is 17. The Morgan fingerprint density at radius 3 is 1.82 bits per heavy atom. The van der Waals surface area contributed by atoms with E-state index in [1.807, 2.05) is 19.9 Å². The number of nitrogens with zero attached hydrogens (tertiary/aromatic N) is 2. The first-order valence-electron chi connectivity index (χ1n) is 33.8. The largest absolute Gasteiger partial charge is 0.493 e. The highest BCUT2D eigenvalue weighted by Gasteiger charge is 2.60. The second kappa shape index (κ2) is 32.5. The number of hydrogen-bond donors (Lipinski definition) is 2. The third kappa shape index (κ3) is 15.3. The first kappa shape index (κ1) is 66.9. The van der Waals surface area contributed by atoms with Gasteiger partial charge in [0.2, 0.25) is 6.79 Å². The lowest BCUT2D eigenvalue weighted by Crippen LogP contribution is -2.69. The molecule has 10 rings (SSSR count). The molecule has 7 atom stereocenters. The Morgan fingerprint density at radius 2 is 1.25 bits per heavy atom. The minimum absolute atomic E-state index is 0.0860. The fourth-order valence-electron chi connectivity index (χ4n) is 14.8. The summed E-state index contributed by atoms with van der Waals surface area (Å²) in [6, 6.07) is 5.23. The maximum atomic E-state index is 15.4. The number of methoxy groups -OCH3 is 2. The predicted molar refractivity (Wildman–Crippen MR) is 342 cm³/mol. The number of nitriles is 1. The highest BCUT2D eigenvalue weighted by molar-refractivity contribution is 7.99. The Labute approximate surface area is 528 Å². The topological polar surface area (TPSA) is 193 Å². The zero-order valence-electron chi connectivity index (χ0n) is 53.9. The van der Waals surface area contributed by atoms with Crippen LogP contribution in [0.2, 0.25) is 0 Å². The highest BCUT2D eigenvalue weighted by atomic mass is 32.2. The van der Waals surface area contributed by atoms with E-state index in [-0.39, 0.29) is 43.9 Å². The molecule has 0 aliphatic carbocycles. The first-order chi connectivity index (χ1) is 42.9. The average molecular weight is 1230 g/mol. The van der Waals surface area contributed by atoms with Gasteiger partial charge >= 0.3 is 23.9 Å². The van der Waals surface area contributed by atoms with Crippen molar-refractivity contribution in [2.24, 2.45) is 0 Å². The molecule has 4 bridgehead atoms. The number of carbonyl (C=O) groups excluding carboxylic acids is 4. The molecule has 482 valence electrons. The standard InChI is InChI=1S/C71H100N4O12S/c1-8-10-12-14-16-18-20-22-24-26-28-30-32-34-57(77)86-56-40-49-36-37-73-71(51(49)41-55(56)80-6)44-88-69-61-60(67-66(83-45-84-67)47(4)65(61)85-48(5)76)54(43-82-70(71)79)75-53(42-72)52-39-50-38-46(3)64(81-7)68(59(50)62(74-52)63(69)75)87-58(78)35-33-31-29-27-25-23-21-19-17-15-13-11-9-2/h38,40-41,52-54,62-63,69,73-74H,8-37,39,43-45H2,1-7H3/t52-,53+,54+,62+,63?,69-,71-/m1/s1. The molecule has 7 aliphatic heterocycles. The number of fused-ring (bicyclic) bond motifs is 9. The van der Waals surface area contributed by atoms with Gasteiger partial charge in [-0.05, 0) is 73.9 Å². The molecule has 17 heteroatoms. The van der Waals surface area contributed by atoms with Crippen molar-refractivity contribution in [3.63, 3.8) is 0 Å². The summed E-state index contributed by atoms with van der Waals surface area (Å²) in [5.41, 5.74) is 4.38. The van der Waals surface area contributed by atoms with Crippen LogP contribution in [-0.2, 0) is 42.3 Å². The number of nitrogens with one attached hydrogen (secondary N) is 2. The summed E-state index contributed by atoms with van der Waals surface area (Å²) in [6.07, 6.45) is 32.8. The molecule has 0 saturated carbocycles. The summed E-state index contributed by atoms with van der Waals surface area (Å²) in [5, 5.41) is 18.4. The third-order valence-corrected chi connectivity index (χ3v) is 20.8. The van der Waals surface area contributed by atoms with Gasteiger partial charge in [-0.2, -0.15) is 5.26 Å². The van der Waals surface area contributed by atoms with Crippen LogP contribution in [0.3, 0.4) is 0 Å². The van der Waals surface area contributed by atoms with E-state index in [2.05, 4.69) is 41.5 Å². The van der Waals surface area contributed by atoms with Crippen LogP contribution in [0.25, 0.3) is 0 Å². The summed E-state index contributed by atoms with van der Waals surface area (Å²) in [7, 11) is 3.12. The van der Waals surface area contributed by atoms with Gasteiger partial charge in [0.05, 0.1) is 37.6 Å². The second-order valence-electron chi connectivity index (χ2n) is 25.6. The molecule has 0 amide bonds. The maximum absolute atomic E-state index is 15.4. The van der Waals surface area contributed by atoms with Crippen LogP contribution in [0.1, 0.15) is 262 Å². The molecule has 1 unspecified atom stereocenters. The van der Waals surface area contributed by atoms with Crippen molar-refractivity contribution in [2.75, 3.05) is 39.9 Å². The molecule has 3 aromatic rings. The highest BCUT2D eigenvalue weighted by Crippen LogP contribution is 2.64. The monoisotopic (exact) mass is 1230 g/mol. The molecule has 2 N–H and O–H groups in total. The Hall–Kier alpha value is -5.54. The third-order valence-electron chi connectivity index (χ3n) is 19.3. The van der Waals surface area contributed by atoms with Gasteiger partial charge in [0.15, 0.2) is 40.0 Å². The predicted octanol–water partition coefficient (Wildman–Crippen LogP) is 15.0. The van der Waals surface area contributed by atoms with Crippen LogP contribution in [0.5, 0.6) is 40.2 Å². The number of unbranched alkanes of at least 4 members (excludes halogenated alkanes) is 24. The van der Waals surface area contributed by atoms with Gasteiger partial charge in [-0.15, -0.1) is 11.8 Å². The van der Waals surface area contributed by atoms with Gasteiger partial charge in [-0.25, -0.2) is 4.79 Å². The Bertz CT molecular complexity index is 2940. The van der Waals surface area contributed by atoms with Gasteiger partial charge in [-0.3, -0.25) is 24.6 Å².